The van der Waals surface area contributed by atoms with Gasteiger partial charge in [-0.3, -0.25) is 9.48 Å². The van der Waals surface area contributed by atoms with Gasteiger partial charge in [0.2, 0.25) is 0 Å². The van der Waals surface area contributed by atoms with Gasteiger partial charge in [0.15, 0.2) is 0 Å². The smallest absolute Gasteiger partial charge is 0.289 e. The lowest BCUT2D eigenvalue weighted by atomic mass is 10.1. The summed E-state index contributed by atoms with van der Waals surface area (Å²) in [7, 11) is 1.67. The van der Waals surface area contributed by atoms with E-state index in [1.54, 1.807) is 31.3 Å². The summed E-state index contributed by atoms with van der Waals surface area (Å²) >= 11 is 0. The maximum absolute atomic E-state index is 11.7. The predicted octanol–water partition coefficient (Wildman–Crippen LogP) is 1.20. The number of aromatic nitrogens is 2. The second-order valence-corrected chi connectivity index (χ2v) is 4.10. The van der Waals surface area contributed by atoms with Crippen molar-refractivity contribution >= 4 is 12.1 Å². The molecule has 98 valence electrons. The first kappa shape index (κ1) is 12.8. The van der Waals surface area contributed by atoms with Gasteiger partial charge in [0, 0.05) is 18.8 Å². The summed E-state index contributed by atoms with van der Waals surface area (Å²) in [5.74, 6) is -0.243. The molecule has 0 fully saturated rings. The molecule has 2 rings (SSSR count). The molecular formula is C13H14N4O2. The molecule has 6 nitrogen and oxygen atoms in total. The average Bonchev–Trinajstić information content (AvgIpc) is 2.80. The Morgan fingerprint density at radius 2 is 2.26 bits per heavy atom. The first-order chi connectivity index (χ1) is 9.08. The molecule has 2 aromatic rings. The number of phenols is 1. The molecule has 0 aliphatic heterocycles. The van der Waals surface area contributed by atoms with Crippen molar-refractivity contribution in [1.82, 2.24) is 15.2 Å². The van der Waals surface area contributed by atoms with Crippen LogP contribution in [0.4, 0.5) is 0 Å². The number of amides is 1. The first-order valence-corrected chi connectivity index (χ1v) is 5.69. The molecule has 1 aromatic heterocycles. The summed E-state index contributed by atoms with van der Waals surface area (Å²) in [6.07, 6.45) is 2.93. The molecule has 0 aliphatic carbocycles. The molecule has 0 saturated carbocycles. The number of hydrazone groups is 1. The summed E-state index contributed by atoms with van der Waals surface area (Å²) in [6, 6.07) is 6.74. The highest BCUT2D eigenvalue weighted by atomic mass is 16.3. The third-order valence-corrected chi connectivity index (χ3v) is 2.61. The zero-order chi connectivity index (χ0) is 13.8. The van der Waals surface area contributed by atoms with Crippen LogP contribution < -0.4 is 5.43 Å². The fourth-order valence-electron chi connectivity index (χ4n) is 1.59. The number of nitrogens with one attached hydrogen (secondary N) is 1. The molecule has 0 radical (unpaired) electrons. The van der Waals surface area contributed by atoms with E-state index in [0.29, 0.717) is 11.3 Å². The highest BCUT2D eigenvalue weighted by Gasteiger charge is 2.08. The van der Waals surface area contributed by atoms with Crippen LogP contribution in [0.1, 0.15) is 21.6 Å². The molecule has 2 N–H and O–H groups in total. The highest BCUT2D eigenvalue weighted by molar-refractivity contribution is 5.93. The Bertz CT molecular complexity index is 631. The number of aromatic hydroxyl groups is 1. The first-order valence-electron chi connectivity index (χ1n) is 5.69. The largest absolute Gasteiger partial charge is 0.507 e. The molecular weight excluding hydrogens is 244 g/mol. The van der Waals surface area contributed by atoms with Gasteiger partial charge in [-0.05, 0) is 25.1 Å². The van der Waals surface area contributed by atoms with E-state index in [1.807, 2.05) is 6.92 Å². The lowest BCUT2D eigenvalue weighted by Crippen LogP contribution is -2.20. The molecule has 0 unspecified atom stereocenters. The van der Waals surface area contributed by atoms with Crippen LogP contribution in [0.5, 0.6) is 5.75 Å². The molecule has 0 bridgehead atoms. The zero-order valence-electron chi connectivity index (χ0n) is 10.7. The monoisotopic (exact) mass is 258 g/mol. The third kappa shape index (κ3) is 2.98. The summed E-state index contributed by atoms with van der Waals surface area (Å²) < 4.78 is 1.45. The van der Waals surface area contributed by atoms with Gasteiger partial charge in [0.05, 0.1) is 6.21 Å². The van der Waals surface area contributed by atoms with Crippen molar-refractivity contribution in [1.29, 1.82) is 0 Å². The fourth-order valence-corrected chi connectivity index (χ4v) is 1.59. The van der Waals surface area contributed by atoms with E-state index in [9.17, 15) is 9.90 Å². The summed E-state index contributed by atoms with van der Waals surface area (Å²) in [6.45, 7) is 1.91. The maximum Gasteiger partial charge on any atom is 0.289 e. The summed E-state index contributed by atoms with van der Waals surface area (Å²) in [5, 5.41) is 17.3. The maximum atomic E-state index is 11.7. The number of carbonyl (C=O) groups is 1. The van der Waals surface area contributed by atoms with Gasteiger partial charge in [-0.25, -0.2) is 5.43 Å². The molecule has 0 spiro atoms. The number of hydrogen-bond donors (Lipinski definition) is 2. The standard InChI is InChI=1S/C13H14N4O2/c1-9-3-4-12(18)10(7-9)8-14-16-13(19)11-5-6-15-17(11)2/h3-8,18H,1-2H3,(H,16,19). The number of nitrogens with zero attached hydrogens (tertiary/aromatic N) is 3. The second-order valence-electron chi connectivity index (χ2n) is 4.10. The molecule has 0 atom stereocenters. The fraction of sp³-hybridized carbons (Fsp3) is 0.154. The number of rotatable bonds is 3. The van der Waals surface area contributed by atoms with Crippen LogP contribution in [0.2, 0.25) is 0 Å². The Hall–Kier alpha value is -2.63. The topological polar surface area (TPSA) is 79.5 Å². The second kappa shape index (κ2) is 5.34. The molecule has 6 heteroatoms. The van der Waals surface area contributed by atoms with Crippen LogP contribution in [0.25, 0.3) is 0 Å². The van der Waals surface area contributed by atoms with E-state index in [2.05, 4.69) is 15.6 Å². The van der Waals surface area contributed by atoms with Crippen molar-refractivity contribution in [2.75, 3.05) is 0 Å². The van der Waals surface area contributed by atoms with E-state index >= 15 is 0 Å². The van der Waals surface area contributed by atoms with Gasteiger partial charge in [0.1, 0.15) is 11.4 Å². The Labute approximate surface area is 110 Å². The van der Waals surface area contributed by atoms with Crippen LogP contribution in [-0.4, -0.2) is 27.0 Å². The summed E-state index contributed by atoms with van der Waals surface area (Å²) in [5.41, 5.74) is 4.33. The molecule has 0 saturated heterocycles. The van der Waals surface area contributed by atoms with E-state index in [1.165, 1.54) is 17.1 Å². The van der Waals surface area contributed by atoms with Crippen LogP contribution in [0.3, 0.4) is 0 Å². The van der Waals surface area contributed by atoms with Gasteiger partial charge in [-0.15, -0.1) is 0 Å². The highest BCUT2D eigenvalue weighted by Crippen LogP contribution is 2.15. The summed E-state index contributed by atoms with van der Waals surface area (Å²) in [4.78, 5) is 11.7. The number of phenolic OH excluding ortho intramolecular Hbond substituents is 1. The predicted molar refractivity (Wildman–Crippen MR) is 71.1 cm³/mol. The zero-order valence-corrected chi connectivity index (χ0v) is 10.7. The Morgan fingerprint density at radius 1 is 1.47 bits per heavy atom. The number of hydrogen-bond acceptors (Lipinski definition) is 4. The number of aryl methyl sites for hydroxylation is 2. The van der Waals surface area contributed by atoms with E-state index in [-0.39, 0.29) is 11.7 Å². The van der Waals surface area contributed by atoms with Crippen molar-refractivity contribution in [2.24, 2.45) is 12.1 Å². The minimum absolute atomic E-state index is 0.115. The van der Waals surface area contributed by atoms with E-state index < -0.39 is 0 Å². The van der Waals surface area contributed by atoms with Crippen molar-refractivity contribution < 1.29 is 9.90 Å². The SMILES string of the molecule is Cc1ccc(O)c(C=NNC(=O)c2ccnn2C)c1. The van der Waals surface area contributed by atoms with Crippen molar-refractivity contribution in [3.05, 3.63) is 47.3 Å². The Morgan fingerprint density at radius 3 is 2.95 bits per heavy atom. The molecule has 19 heavy (non-hydrogen) atoms. The lowest BCUT2D eigenvalue weighted by Gasteiger charge is -2.01. The van der Waals surface area contributed by atoms with Crippen LogP contribution in [-0.2, 0) is 7.05 Å². The molecule has 1 amide bonds. The average molecular weight is 258 g/mol. The molecule has 1 heterocycles. The third-order valence-electron chi connectivity index (χ3n) is 2.61. The quantitative estimate of drug-likeness (QED) is 0.641. The van der Waals surface area contributed by atoms with Crippen LogP contribution in [0, 0.1) is 6.92 Å². The van der Waals surface area contributed by atoms with Gasteiger partial charge in [0.25, 0.3) is 5.91 Å². The lowest BCUT2D eigenvalue weighted by molar-refractivity contribution is 0.0945. The number of benzene rings is 1. The van der Waals surface area contributed by atoms with Crippen LogP contribution in [0.15, 0.2) is 35.6 Å². The van der Waals surface area contributed by atoms with Gasteiger partial charge in [-0.2, -0.15) is 10.2 Å². The van der Waals surface area contributed by atoms with Gasteiger partial charge in [-0.1, -0.05) is 11.6 Å². The Kier molecular flexibility index (Phi) is 3.61. The molecule has 1 aromatic carbocycles. The minimum Gasteiger partial charge on any atom is -0.507 e. The van der Waals surface area contributed by atoms with E-state index in [0.717, 1.165) is 5.56 Å². The Balaban J connectivity index is 2.06. The van der Waals surface area contributed by atoms with Crippen molar-refractivity contribution in [2.45, 2.75) is 6.92 Å². The normalized spacial score (nSPS) is 10.8. The van der Waals surface area contributed by atoms with Gasteiger partial charge >= 0.3 is 0 Å². The van der Waals surface area contributed by atoms with Crippen molar-refractivity contribution in [3.8, 4) is 5.75 Å². The van der Waals surface area contributed by atoms with Gasteiger partial charge < -0.3 is 5.11 Å². The molecule has 0 aliphatic rings. The van der Waals surface area contributed by atoms with Crippen molar-refractivity contribution in [3.63, 3.8) is 0 Å². The minimum atomic E-state index is -0.358. The number of carbonyl (C=O) groups excluding carboxylic acids is 1. The van der Waals surface area contributed by atoms with E-state index in [4.69, 9.17) is 0 Å². The van der Waals surface area contributed by atoms with Crippen LogP contribution >= 0.6 is 0 Å².